The molecule has 4 saturated carbocycles. The SMILES string of the molecule is CC1(C(NC(=O)C2CCC(F)(F)CC2)C2=NC=C(c3ccc(-c4ccc(-c5cnc(C(NC(=O)C6CCC(F)(F)CC6)C6(C)CCC6)[nH]5)cc4)cc3)C2)CCC1. The van der Waals surface area contributed by atoms with Crippen molar-refractivity contribution in [1.29, 1.82) is 0 Å². The van der Waals surface area contributed by atoms with Gasteiger partial charge >= 0.3 is 0 Å². The van der Waals surface area contributed by atoms with Crippen molar-refractivity contribution in [2.45, 2.75) is 134 Å². The molecule has 2 aromatic carbocycles. The molecule has 7 nitrogen and oxygen atoms in total. The molecule has 2 atom stereocenters. The van der Waals surface area contributed by atoms with E-state index in [1.165, 1.54) is 0 Å². The molecule has 1 aliphatic heterocycles. The quantitative estimate of drug-likeness (QED) is 0.169. The molecular formula is C45H53F4N5O2. The van der Waals surface area contributed by atoms with Gasteiger partial charge in [-0.25, -0.2) is 22.5 Å². The number of hydrogen-bond acceptors (Lipinski definition) is 4. The second-order valence-corrected chi connectivity index (χ2v) is 17.9. The van der Waals surface area contributed by atoms with Crippen LogP contribution in [0.4, 0.5) is 17.6 Å². The Balaban J connectivity index is 0.899. The van der Waals surface area contributed by atoms with Crippen LogP contribution in [0.15, 0.2) is 65.9 Å². The lowest BCUT2D eigenvalue weighted by molar-refractivity contribution is -0.132. The number of aromatic amines is 1. The lowest BCUT2D eigenvalue weighted by Crippen LogP contribution is -2.55. The number of benzene rings is 2. The molecule has 5 aliphatic rings. The molecule has 3 aromatic rings. The van der Waals surface area contributed by atoms with E-state index in [-0.39, 0.29) is 92.0 Å². The number of allylic oxidation sites excluding steroid dienone is 1. The Morgan fingerprint density at radius 2 is 1.11 bits per heavy atom. The summed E-state index contributed by atoms with van der Waals surface area (Å²) >= 11 is 0. The molecule has 11 heteroatoms. The van der Waals surface area contributed by atoms with Crippen LogP contribution in [0.1, 0.15) is 128 Å². The minimum absolute atomic E-state index is 0.0874. The fourth-order valence-corrected chi connectivity index (χ4v) is 9.55. The highest BCUT2D eigenvalue weighted by Crippen LogP contribution is 2.50. The van der Waals surface area contributed by atoms with E-state index in [1.54, 1.807) is 6.20 Å². The van der Waals surface area contributed by atoms with Crippen LogP contribution < -0.4 is 10.6 Å². The van der Waals surface area contributed by atoms with Gasteiger partial charge in [-0.2, -0.15) is 0 Å². The molecule has 0 bridgehead atoms. The summed E-state index contributed by atoms with van der Waals surface area (Å²) in [6, 6.07) is 16.1. The first-order chi connectivity index (χ1) is 26.7. The number of aromatic nitrogens is 2. The number of nitrogens with one attached hydrogen (secondary N) is 3. The number of carbonyl (C=O) groups excluding carboxylic acids is 2. The van der Waals surface area contributed by atoms with Crippen molar-refractivity contribution in [1.82, 2.24) is 20.6 Å². The maximum Gasteiger partial charge on any atom is 0.248 e. The van der Waals surface area contributed by atoms with Gasteiger partial charge in [0.1, 0.15) is 5.82 Å². The summed E-state index contributed by atoms with van der Waals surface area (Å²) in [6.07, 6.45) is 10.3. The van der Waals surface area contributed by atoms with E-state index < -0.39 is 17.8 Å². The molecule has 4 aliphatic carbocycles. The van der Waals surface area contributed by atoms with Crippen molar-refractivity contribution in [2.75, 3.05) is 0 Å². The highest BCUT2D eigenvalue weighted by molar-refractivity contribution is 6.03. The summed E-state index contributed by atoms with van der Waals surface area (Å²) in [5.41, 5.74) is 6.79. The Hall–Kier alpha value is -4.28. The number of imidazole rings is 1. The highest BCUT2D eigenvalue weighted by Gasteiger charge is 2.47. The number of carbonyl (C=O) groups is 2. The molecule has 2 heterocycles. The summed E-state index contributed by atoms with van der Waals surface area (Å²) in [6.45, 7) is 4.36. The minimum Gasteiger partial charge on any atom is -0.347 e. The molecule has 0 radical (unpaired) electrons. The van der Waals surface area contributed by atoms with Gasteiger partial charge in [-0.05, 0) is 90.0 Å². The van der Waals surface area contributed by atoms with Gasteiger partial charge < -0.3 is 15.6 Å². The fraction of sp³-hybridized carbons (Fsp3) is 0.556. The molecule has 4 fully saturated rings. The average molecular weight is 772 g/mol. The van der Waals surface area contributed by atoms with Crippen LogP contribution in [0.3, 0.4) is 0 Å². The van der Waals surface area contributed by atoms with Crippen LogP contribution in [-0.4, -0.2) is 45.4 Å². The molecule has 56 heavy (non-hydrogen) atoms. The van der Waals surface area contributed by atoms with Crippen LogP contribution in [0.2, 0.25) is 0 Å². The normalized spacial score (nSPS) is 23.8. The fourth-order valence-electron chi connectivity index (χ4n) is 9.55. The van der Waals surface area contributed by atoms with Crippen molar-refractivity contribution in [3.05, 3.63) is 72.3 Å². The number of aliphatic imine (C=N–C) groups is 1. The molecular weight excluding hydrogens is 719 g/mol. The maximum atomic E-state index is 13.8. The van der Waals surface area contributed by atoms with E-state index in [0.717, 1.165) is 77.8 Å². The molecule has 0 spiro atoms. The third-order valence-electron chi connectivity index (χ3n) is 13.9. The van der Waals surface area contributed by atoms with Gasteiger partial charge in [0.2, 0.25) is 23.7 Å². The number of H-pyrrole nitrogens is 1. The van der Waals surface area contributed by atoms with E-state index >= 15 is 0 Å². The summed E-state index contributed by atoms with van der Waals surface area (Å²) in [5, 5.41) is 6.47. The first-order valence-corrected chi connectivity index (χ1v) is 20.6. The zero-order chi connectivity index (χ0) is 39.3. The van der Waals surface area contributed by atoms with Crippen molar-refractivity contribution < 1.29 is 27.2 Å². The molecule has 8 rings (SSSR count). The largest absolute Gasteiger partial charge is 0.347 e. The van der Waals surface area contributed by atoms with E-state index in [4.69, 9.17) is 9.98 Å². The van der Waals surface area contributed by atoms with Crippen LogP contribution in [0.25, 0.3) is 28.0 Å². The van der Waals surface area contributed by atoms with Gasteiger partial charge in [0.15, 0.2) is 0 Å². The van der Waals surface area contributed by atoms with Crippen LogP contribution in [-0.2, 0) is 9.59 Å². The molecule has 298 valence electrons. The van der Waals surface area contributed by atoms with Crippen LogP contribution in [0.5, 0.6) is 0 Å². The number of halogens is 4. The smallest absolute Gasteiger partial charge is 0.248 e. The van der Waals surface area contributed by atoms with E-state index in [1.807, 2.05) is 6.20 Å². The Morgan fingerprint density at radius 3 is 1.59 bits per heavy atom. The first kappa shape index (κ1) is 38.6. The summed E-state index contributed by atoms with van der Waals surface area (Å²) in [4.78, 5) is 39.6. The van der Waals surface area contributed by atoms with Crippen molar-refractivity contribution in [2.24, 2.45) is 27.7 Å². The topological polar surface area (TPSA) is 99.2 Å². The zero-order valence-corrected chi connectivity index (χ0v) is 32.4. The molecule has 3 N–H and O–H groups in total. The summed E-state index contributed by atoms with van der Waals surface area (Å²) in [5.74, 6) is -5.72. The van der Waals surface area contributed by atoms with Gasteiger partial charge in [-0.15, -0.1) is 0 Å². The van der Waals surface area contributed by atoms with Gasteiger partial charge in [0.25, 0.3) is 0 Å². The highest BCUT2D eigenvalue weighted by atomic mass is 19.3. The zero-order valence-electron chi connectivity index (χ0n) is 32.4. The standard InChI is InChI=1S/C45H53F4N5O2/c1-42(17-3-18-42)37(53-40(55)32-13-21-44(46,47)22-14-32)35-25-34(26-50-35)30-7-5-28(6-8-30)29-9-11-31(12-10-29)36-27-51-39(52-36)38(43(2)19-4-20-43)54-41(56)33-15-23-45(48,49)24-16-33/h5-12,26-27,32-33,37-38H,3-4,13-25H2,1-2H3,(H,51,52)(H,53,55)(H,54,56). The second-order valence-electron chi connectivity index (χ2n) is 17.9. The van der Waals surface area contributed by atoms with Crippen LogP contribution >= 0.6 is 0 Å². The van der Waals surface area contributed by atoms with Crippen molar-refractivity contribution >= 4 is 23.1 Å². The third-order valence-corrected chi connectivity index (χ3v) is 13.9. The van der Waals surface area contributed by atoms with Gasteiger partial charge in [0.05, 0.1) is 24.0 Å². The Bertz CT molecular complexity index is 1970. The average Bonchev–Trinajstić information content (AvgIpc) is 3.85. The van der Waals surface area contributed by atoms with Gasteiger partial charge in [0, 0.05) is 55.9 Å². The molecule has 1 aromatic heterocycles. The van der Waals surface area contributed by atoms with E-state index in [0.29, 0.717) is 12.2 Å². The molecule has 2 unspecified atom stereocenters. The lowest BCUT2D eigenvalue weighted by Gasteiger charge is -2.46. The van der Waals surface area contributed by atoms with Gasteiger partial charge in [-0.3, -0.25) is 14.6 Å². The maximum absolute atomic E-state index is 13.8. The third kappa shape index (κ3) is 7.97. The Kier molecular flexibility index (Phi) is 10.3. The number of nitrogens with zero attached hydrogens (tertiary/aromatic N) is 2. The first-order valence-electron chi connectivity index (χ1n) is 20.6. The lowest BCUT2D eigenvalue weighted by atomic mass is 9.63. The number of alkyl halides is 4. The number of rotatable bonds is 11. The van der Waals surface area contributed by atoms with Gasteiger partial charge in [-0.1, -0.05) is 75.2 Å². The predicted molar refractivity (Wildman–Crippen MR) is 210 cm³/mol. The number of amides is 2. The second kappa shape index (κ2) is 14.9. The number of hydrogen-bond donors (Lipinski definition) is 3. The molecule has 2 amide bonds. The van der Waals surface area contributed by atoms with Crippen molar-refractivity contribution in [3.8, 4) is 22.4 Å². The Morgan fingerprint density at radius 1 is 0.661 bits per heavy atom. The summed E-state index contributed by atoms with van der Waals surface area (Å²) < 4.78 is 55.1. The predicted octanol–water partition coefficient (Wildman–Crippen LogP) is 10.6. The Labute approximate surface area is 326 Å². The summed E-state index contributed by atoms with van der Waals surface area (Å²) in [7, 11) is 0. The monoisotopic (exact) mass is 771 g/mol. The van der Waals surface area contributed by atoms with Crippen molar-refractivity contribution in [3.63, 3.8) is 0 Å². The van der Waals surface area contributed by atoms with Crippen LogP contribution in [0, 0.1) is 22.7 Å². The van der Waals surface area contributed by atoms with E-state index in [2.05, 4.69) is 78.0 Å². The van der Waals surface area contributed by atoms with E-state index in [9.17, 15) is 27.2 Å². The molecule has 0 saturated heterocycles. The minimum atomic E-state index is -2.68.